The Balaban J connectivity index is 1.38. The number of barbiturate groups is 1. The number of amides is 4. The Bertz CT molecular complexity index is 1820. The van der Waals surface area contributed by atoms with Gasteiger partial charge in [-0.15, -0.1) is 0 Å². The molecule has 0 spiro atoms. The number of nitrogens with one attached hydrogen (secondary N) is 1. The summed E-state index contributed by atoms with van der Waals surface area (Å²) in [6.07, 6.45) is 4.83. The molecular weight excluding hydrogens is 598 g/mol. The molecule has 0 saturated carbocycles. The number of halogens is 1. The van der Waals surface area contributed by atoms with Crippen LogP contribution in [0.25, 0.3) is 6.08 Å². The largest absolute Gasteiger partial charge is 0.489 e. The van der Waals surface area contributed by atoms with Crippen LogP contribution in [0.3, 0.4) is 0 Å². The highest BCUT2D eigenvalue weighted by Gasteiger charge is 2.40. The van der Waals surface area contributed by atoms with Gasteiger partial charge in [0, 0.05) is 41.2 Å². The molecule has 4 amide bonds. The number of rotatable bonds is 7. The molecule has 4 aromatic carbocycles. The monoisotopic (exact) mass is 629 g/mol. The SMILES string of the molecule is C=CCOc1ccc(Cl)cc1/C=C1\C(=O)NC(=O)N(c2cc3c4c(c2)[C@@H](c2ccccc2)CCN4CC[C@@H]3c2ccccc2)C1=O. The van der Waals surface area contributed by atoms with Gasteiger partial charge in [-0.1, -0.05) is 84.9 Å². The lowest BCUT2D eigenvalue weighted by Gasteiger charge is -2.44. The van der Waals surface area contributed by atoms with E-state index >= 15 is 0 Å². The van der Waals surface area contributed by atoms with Crippen LogP contribution in [-0.2, 0) is 9.59 Å². The standard InChI is InChI=1S/C38H32ClN3O4/c1-2-19-46-34-14-13-27(39)20-26(34)21-33-36(43)40-38(45)42(37(33)44)28-22-31-29(24-9-5-3-6-10-24)15-17-41-18-16-30(32(23-28)35(31)41)25-11-7-4-8-12-25/h2-14,20-23,29-30H,1,15-19H2,(H,40,43,45)/b33-21+/t29-,30-/m1/s1. The summed E-state index contributed by atoms with van der Waals surface area (Å²) >= 11 is 6.28. The van der Waals surface area contributed by atoms with E-state index in [1.54, 1.807) is 24.3 Å². The molecule has 230 valence electrons. The third kappa shape index (κ3) is 5.37. The molecule has 0 aliphatic carbocycles. The molecule has 0 aromatic heterocycles. The first kappa shape index (κ1) is 29.6. The van der Waals surface area contributed by atoms with Gasteiger partial charge in [0.05, 0.1) is 5.69 Å². The molecule has 0 unspecified atom stereocenters. The van der Waals surface area contributed by atoms with E-state index in [1.807, 2.05) is 48.5 Å². The van der Waals surface area contributed by atoms with E-state index in [4.69, 9.17) is 16.3 Å². The molecule has 7 nitrogen and oxygen atoms in total. The van der Waals surface area contributed by atoms with Crippen molar-refractivity contribution in [3.05, 3.63) is 142 Å². The van der Waals surface area contributed by atoms with Gasteiger partial charge in [-0.05, 0) is 71.5 Å². The summed E-state index contributed by atoms with van der Waals surface area (Å²) in [7, 11) is 0. The number of imide groups is 2. The maximum Gasteiger partial charge on any atom is 0.335 e. The molecule has 4 aromatic rings. The van der Waals surface area contributed by atoms with Gasteiger partial charge in [0.25, 0.3) is 11.8 Å². The summed E-state index contributed by atoms with van der Waals surface area (Å²) in [5.41, 5.74) is 6.34. The third-order valence-electron chi connectivity index (χ3n) is 8.99. The summed E-state index contributed by atoms with van der Waals surface area (Å²) in [5.74, 6) is -0.912. The molecule has 1 fully saturated rings. The molecule has 2 atom stereocenters. The zero-order valence-corrected chi connectivity index (χ0v) is 25.9. The van der Waals surface area contributed by atoms with Crippen LogP contribution in [0.15, 0.2) is 109 Å². The molecule has 0 radical (unpaired) electrons. The summed E-state index contributed by atoms with van der Waals surface area (Å²) in [4.78, 5) is 44.3. The smallest absolute Gasteiger partial charge is 0.335 e. The second-order valence-electron chi connectivity index (χ2n) is 11.7. The van der Waals surface area contributed by atoms with Crippen LogP contribution in [0.1, 0.15) is 52.5 Å². The zero-order valence-electron chi connectivity index (χ0n) is 25.1. The van der Waals surface area contributed by atoms with Gasteiger partial charge in [0.15, 0.2) is 0 Å². The number of nitrogens with zero attached hydrogens (tertiary/aromatic N) is 2. The maximum absolute atomic E-state index is 14.2. The number of ether oxygens (including phenoxy) is 1. The first-order valence-corrected chi connectivity index (χ1v) is 15.8. The van der Waals surface area contributed by atoms with Gasteiger partial charge >= 0.3 is 6.03 Å². The van der Waals surface area contributed by atoms with E-state index in [0.717, 1.165) is 42.0 Å². The number of benzene rings is 4. The molecule has 0 bridgehead atoms. The Kier molecular flexibility index (Phi) is 7.93. The number of carbonyl (C=O) groups is 3. The predicted octanol–water partition coefficient (Wildman–Crippen LogP) is 7.45. The van der Waals surface area contributed by atoms with Crippen LogP contribution < -0.4 is 19.9 Å². The van der Waals surface area contributed by atoms with Crippen molar-refractivity contribution < 1.29 is 19.1 Å². The second kappa shape index (κ2) is 12.3. The fourth-order valence-electron chi connectivity index (χ4n) is 6.93. The Morgan fingerprint density at radius 3 is 2.04 bits per heavy atom. The average molecular weight is 630 g/mol. The molecule has 8 heteroatoms. The normalized spacial score (nSPS) is 19.9. The highest BCUT2D eigenvalue weighted by atomic mass is 35.5. The minimum atomic E-state index is -0.787. The van der Waals surface area contributed by atoms with Gasteiger partial charge < -0.3 is 9.64 Å². The van der Waals surface area contributed by atoms with Gasteiger partial charge in [-0.2, -0.15) is 0 Å². The molecule has 46 heavy (non-hydrogen) atoms. The summed E-state index contributed by atoms with van der Waals surface area (Å²) in [5, 5.41) is 2.80. The molecule has 3 aliphatic heterocycles. The topological polar surface area (TPSA) is 79.0 Å². The molecule has 3 heterocycles. The Labute approximate surface area is 272 Å². The van der Waals surface area contributed by atoms with Gasteiger partial charge in [-0.25, -0.2) is 9.69 Å². The van der Waals surface area contributed by atoms with E-state index in [0.29, 0.717) is 22.0 Å². The first-order valence-electron chi connectivity index (χ1n) is 15.4. The fraction of sp³-hybridized carbons (Fsp3) is 0.184. The minimum Gasteiger partial charge on any atom is -0.489 e. The number of hydrogen-bond acceptors (Lipinski definition) is 5. The molecule has 3 aliphatic rings. The Morgan fingerprint density at radius 2 is 1.46 bits per heavy atom. The lowest BCUT2D eigenvalue weighted by Crippen LogP contribution is -2.54. The van der Waals surface area contributed by atoms with Gasteiger partial charge in [-0.3, -0.25) is 14.9 Å². The van der Waals surface area contributed by atoms with Crippen molar-refractivity contribution in [1.29, 1.82) is 0 Å². The van der Waals surface area contributed by atoms with E-state index in [-0.39, 0.29) is 24.0 Å². The predicted molar refractivity (Wildman–Crippen MR) is 181 cm³/mol. The lowest BCUT2D eigenvalue weighted by molar-refractivity contribution is -0.122. The van der Waals surface area contributed by atoms with Crippen molar-refractivity contribution in [1.82, 2.24) is 5.32 Å². The average Bonchev–Trinajstić information content (AvgIpc) is 3.07. The highest BCUT2D eigenvalue weighted by Crippen LogP contribution is 2.50. The van der Waals surface area contributed by atoms with Crippen LogP contribution >= 0.6 is 11.6 Å². The molecule has 1 saturated heterocycles. The fourth-order valence-corrected chi connectivity index (χ4v) is 7.11. The minimum absolute atomic E-state index is 0.0799. The van der Waals surface area contributed by atoms with Crippen molar-refractivity contribution in [2.45, 2.75) is 24.7 Å². The highest BCUT2D eigenvalue weighted by molar-refractivity contribution is 6.39. The number of urea groups is 1. The van der Waals surface area contributed by atoms with Gasteiger partial charge in [0.2, 0.25) is 0 Å². The van der Waals surface area contributed by atoms with Crippen molar-refractivity contribution >= 4 is 46.9 Å². The Morgan fingerprint density at radius 1 is 0.848 bits per heavy atom. The van der Waals surface area contributed by atoms with Crippen molar-refractivity contribution in [3.63, 3.8) is 0 Å². The van der Waals surface area contributed by atoms with Crippen LogP contribution in [0, 0.1) is 0 Å². The van der Waals surface area contributed by atoms with Crippen molar-refractivity contribution in [2.75, 3.05) is 29.5 Å². The maximum atomic E-state index is 14.2. The zero-order chi connectivity index (χ0) is 31.8. The lowest BCUT2D eigenvalue weighted by atomic mass is 9.76. The van der Waals surface area contributed by atoms with E-state index in [2.05, 4.69) is 41.1 Å². The number of anilines is 2. The van der Waals surface area contributed by atoms with E-state index < -0.39 is 17.8 Å². The van der Waals surface area contributed by atoms with Crippen LogP contribution in [0.5, 0.6) is 5.75 Å². The van der Waals surface area contributed by atoms with Crippen LogP contribution in [0.2, 0.25) is 5.02 Å². The van der Waals surface area contributed by atoms with Crippen LogP contribution in [0.4, 0.5) is 16.2 Å². The van der Waals surface area contributed by atoms with Crippen molar-refractivity contribution in [2.24, 2.45) is 0 Å². The summed E-state index contributed by atoms with van der Waals surface area (Å²) in [6.45, 7) is 5.75. The third-order valence-corrected chi connectivity index (χ3v) is 9.22. The second-order valence-corrected chi connectivity index (χ2v) is 12.1. The van der Waals surface area contributed by atoms with Gasteiger partial charge in [0.1, 0.15) is 17.9 Å². The number of carbonyl (C=O) groups excluding carboxylic acids is 3. The molecular formula is C38H32ClN3O4. The summed E-state index contributed by atoms with van der Waals surface area (Å²) in [6, 6.07) is 28.8. The van der Waals surface area contributed by atoms with E-state index in [1.165, 1.54) is 22.9 Å². The number of hydrogen-bond donors (Lipinski definition) is 1. The first-order chi connectivity index (χ1) is 22.4. The quantitative estimate of drug-likeness (QED) is 0.131. The van der Waals surface area contributed by atoms with Crippen LogP contribution in [-0.4, -0.2) is 37.5 Å². The Hall–Kier alpha value is -5.14. The molecule has 1 N–H and O–H groups in total. The van der Waals surface area contributed by atoms with E-state index in [9.17, 15) is 14.4 Å². The van der Waals surface area contributed by atoms with Crippen molar-refractivity contribution in [3.8, 4) is 5.75 Å². The summed E-state index contributed by atoms with van der Waals surface area (Å²) < 4.78 is 5.75. The molecule has 7 rings (SSSR count).